The van der Waals surface area contributed by atoms with Crippen molar-refractivity contribution in [2.45, 2.75) is 39.3 Å². The van der Waals surface area contributed by atoms with Crippen LogP contribution in [0.25, 0.3) is 5.57 Å². The summed E-state index contributed by atoms with van der Waals surface area (Å²) in [5, 5.41) is 20.5. The summed E-state index contributed by atoms with van der Waals surface area (Å²) < 4.78 is 10.3. The van der Waals surface area contributed by atoms with Gasteiger partial charge in [0.2, 0.25) is 0 Å². The minimum Gasteiger partial charge on any atom is -0.633 e. The lowest BCUT2D eigenvalue weighted by molar-refractivity contribution is -0.807. The first-order chi connectivity index (χ1) is 12.6. The van der Waals surface area contributed by atoms with Crippen LogP contribution in [0.3, 0.4) is 0 Å². The van der Waals surface area contributed by atoms with E-state index in [9.17, 15) is 20.0 Å². The first-order valence-corrected chi connectivity index (χ1v) is 8.68. The Labute approximate surface area is 158 Å². The molecule has 1 N–H and O–H groups in total. The summed E-state index contributed by atoms with van der Waals surface area (Å²) in [6.45, 7) is 5.58. The molecular weight excluding hydrogens is 352 g/mol. The predicted octanol–water partition coefficient (Wildman–Crippen LogP) is 1.63. The molecule has 1 aromatic rings. The molecule has 1 aliphatic heterocycles. The number of hydrogen-bond acceptors (Lipinski definition) is 6. The molecule has 0 saturated heterocycles. The summed E-state index contributed by atoms with van der Waals surface area (Å²) >= 11 is 0. The number of carbonyl (C=O) groups excluding carboxylic acids is 2. The van der Waals surface area contributed by atoms with E-state index in [0.717, 1.165) is 11.1 Å². The predicted molar refractivity (Wildman–Crippen MR) is 99.2 cm³/mol. The standard InChI is InChI=1S/C19H25N2O6/c1-19(2,3)27-18(23)20-9-8-15(16(12-20)17(22)26-4)14-7-5-6-13(10-14)11-21(24)25/h5-7,10,21H,8-9,11-12H2,1-4H3/q-1. The van der Waals surface area contributed by atoms with Gasteiger partial charge in [0.15, 0.2) is 0 Å². The number of hydroxylamine groups is 2. The summed E-state index contributed by atoms with van der Waals surface area (Å²) in [6.07, 6.45) is -0.0630. The molecule has 8 nitrogen and oxygen atoms in total. The van der Waals surface area contributed by atoms with Gasteiger partial charge in [-0.05, 0) is 44.4 Å². The smallest absolute Gasteiger partial charge is 0.410 e. The van der Waals surface area contributed by atoms with Crippen molar-refractivity contribution in [2.75, 3.05) is 20.2 Å². The average Bonchev–Trinajstić information content (AvgIpc) is 2.58. The number of ether oxygens (including phenoxy) is 2. The topological polar surface area (TPSA) is 106 Å². The minimum absolute atomic E-state index is 0.0711. The fourth-order valence-electron chi connectivity index (χ4n) is 2.91. The van der Waals surface area contributed by atoms with Crippen LogP contribution in [-0.2, 0) is 20.8 Å². The Hall–Kier alpha value is -2.42. The fraction of sp³-hybridized carbons (Fsp3) is 0.474. The molecule has 27 heavy (non-hydrogen) atoms. The molecule has 1 heterocycles. The van der Waals surface area contributed by atoms with E-state index in [0.29, 0.717) is 24.1 Å². The van der Waals surface area contributed by atoms with Gasteiger partial charge in [-0.2, -0.15) is 0 Å². The highest BCUT2D eigenvalue weighted by Gasteiger charge is 2.30. The zero-order chi connectivity index (χ0) is 20.2. The van der Waals surface area contributed by atoms with Gasteiger partial charge in [-0.1, -0.05) is 18.2 Å². The third-order valence-corrected chi connectivity index (χ3v) is 4.05. The summed E-state index contributed by atoms with van der Waals surface area (Å²) in [5.41, 5.74) is 1.78. The highest BCUT2D eigenvalue weighted by atomic mass is 16.8. The number of hydrogen-bond donors (Lipinski definition) is 1. The summed E-state index contributed by atoms with van der Waals surface area (Å²) in [6, 6.07) is 6.95. The van der Waals surface area contributed by atoms with Gasteiger partial charge >= 0.3 is 12.1 Å². The van der Waals surface area contributed by atoms with Gasteiger partial charge in [-0.15, -0.1) is 0 Å². The number of methoxy groups -OCH3 is 1. The second-order valence-electron chi connectivity index (χ2n) is 7.35. The van der Waals surface area contributed by atoms with Crippen LogP contribution in [-0.4, -0.2) is 42.8 Å². The van der Waals surface area contributed by atoms with Crippen LogP contribution in [0.4, 0.5) is 4.79 Å². The molecule has 0 saturated carbocycles. The minimum atomic E-state index is -1.17. The van der Waals surface area contributed by atoms with E-state index in [4.69, 9.17) is 9.47 Å². The molecule has 0 bridgehead atoms. The third kappa shape index (κ3) is 5.78. The van der Waals surface area contributed by atoms with Crippen LogP contribution in [0.5, 0.6) is 0 Å². The fourth-order valence-corrected chi connectivity index (χ4v) is 2.91. The second-order valence-corrected chi connectivity index (χ2v) is 7.35. The molecule has 0 spiro atoms. The lowest BCUT2D eigenvalue weighted by Crippen LogP contribution is -3.00. The maximum absolute atomic E-state index is 12.3. The van der Waals surface area contributed by atoms with E-state index in [2.05, 4.69) is 0 Å². The normalized spacial score (nSPS) is 15.1. The van der Waals surface area contributed by atoms with Gasteiger partial charge in [-0.25, -0.2) is 9.59 Å². The molecule has 8 heteroatoms. The van der Waals surface area contributed by atoms with Crippen LogP contribution in [0.2, 0.25) is 0 Å². The molecule has 1 amide bonds. The first-order valence-electron chi connectivity index (χ1n) is 8.68. The lowest BCUT2D eigenvalue weighted by atomic mass is 9.92. The zero-order valence-electron chi connectivity index (χ0n) is 16.0. The molecule has 0 aliphatic carbocycles. The van der Waals surface area contributed by atoms with E-state index >= 15 is 0 Å². The Morgan fingerprint density at radius 2 is 1.96 bits per heavy atom. The zero-order valence-corrected chi connectivity index (χ0v) is 16.0. The van der Waals surface area contributed by atoms with Gasteiger partial charge < -0.3 is 30.0 Å². The number of amides is 1. The van der Waals surface area contributed by atoms with Gasteiger partial charge in [0, 0.05) is 12.1 Å². The monoisotopic (exact) mass is 377 g/mol. The third-order valence-electron chi connectivity index (χ3n) is 4.05. The van der Waals surface area contributed by atoms with Crippen molar-refractivity contribution in [3.63, 3.8) is 0 Å². The number of rotatable bonds is 4. The summed E-state index contributed by atoms with van der Waals surface area (Å²) in [4.78, 5) is 26.1. The van der Waals surface area contributed by atoms with Crippen molar-refractivity contribution in [1.29, 1.82) is 0 Å². The van der Waals surface area contributed by atoms with Crippen molar-refractivity contribution in [3.05, 3.63) is 51.4 Å². The Bertz CT molecular complexity index is 736. The van der Waals surface area contributed by atoms with Crippen molar-refractivity contribution in [3.8, 4) is 0 Å². The van der Waals surface area contributed by atoms with E-state index in [1.165, 1.54) is 12.0 Å². The van der Waals surface area contributed by atoms with Crippen molar-refractivity contribution < 1.29 is 24.3 Å². The van der Waals surface area contributed by atoms with Crippen molar-refractivity contribution in [1.82, 2.24) is 4.90 Å². The Morgan fingerprint density at radius 3 is 2.56 bits per heavy atom. The van der Waals surface area contributed by atoms with Crippen molar-refractivity contribution >= 4 is 17.6 Å². The molecule has 148 valence electrons. The second kappa shape index (κ2) is 8.51. The number of carbonyl (C=O) groups is 2. The largest absolute Gasteiger partial charge is 0.633 e. The van der Waals surface area contributed by atoms with Crippen LogP contribution < -0.4 is 5.23 Å². The molecule has 0 unspecified atom stereocenters. The number of nitrogens with one attached hydrogen (secondary N) is 1. The Kier molecular flexibility index (Phi) is 6.59. The first kappa shape index (κ1) is 20.9. The average molecular weight is 377 g/mol. The van der Waals surface area contributed by atoms with E-state index in [1.807, 2.05) is 0 Å². The van der Waals surface area contributed by atoms with E-state index in [1.54, 1.807) is 45.0 Å². The molecule has 1 aromatic carbocycles. The molecule has 0 fully saturated rings. The number of esters is 1. The molecule has 1 aliphatic rings. The molecular formula is C19H25N2O6-. The highest BCUT2D eigenvalue weighted by Crippen LogP contribution is 2.29. The Balaban J connectivity index is 2.33. The van der Waals surface area contributed by atoms with Crippen LogP contribution in [0.15, 0.2) is 29.8 Å². The van der Waals surface area contributed by atoms with E-state index < -0.39 is 22.9 Å². The van der Waals surface area contributed by atoms with Gasteiger partial charge in [0.1, 0.15) is 12.1 Å². The van der Waals surface area contributed by atoms with Crippen LogP contribution >= 0.6 is 0 Å². The van der Waals surface area contributed by atoms with Gasteiger partial charge in [0.25, 0.3) is 0 Å². The SMILES string of the molecule is COC(=O)C1=C(c2cccc(C[NH+]([O-])[O-])c2)CCN(C(=O)OC(C)(C)C)C1. The van der Waals surface area contributed by atoms with E-state index in [-0.39, 0.29) is 13.1 Å². The van der Waals surface area contributed by atoms with Crippen molar-refractivity contribution in [2.24, 2.45) is 0 Å². The number of benzene rings is 1. The lowest BCUT2D eigenvalue weighted by Gasteiger charge is -2.32. The highest BCUT2D eigenvalue weighted by molar-refractivity contribution is 5.99. The van der Waals surface area contributed by atoms with Crippen LogP contribution in [0.1, 0.15) is 38.3 Å². The van der Waals surface area contributed by atoms with Crippen LogP contribution in [0, 0.1) is 10.4 Å². The summed E-state index contributed by atoms with van der Waals surface area (Å²) in [7, 11) is 1.28. The maximum Gasteiger partial charge on any atom is 0.410 e. The van der Waals surface area contributed by atoms with Gasteiger partial charge in [0.05, 0.1) is 19.2 Å². The van der Waals surface area contributed by atoms with Gasteiger partial charge in [-0.3, -0.25) is 0 Å². The maximum atomic E-state index is 12.3. The number of nitrogens with zero attached hydrogens (tertiary/aromatic N) is 1. The Morgan fingerprint density at radius 1 is 1.26 bits per heavy atom. The number of quaternary nitrogens is 1. The quantitative estimate of drug-likeness (QED) is 0.631. The summed E-state index contributed by atoms with van der Waals surface area (Å²) in [5.74, 6) is -0.524. The molecule has 0 aromatic heterocycles. The molecule has 2 rings (SSSR count). The molecule has 0 radical (unpaired) electrons. The molecule has 0 atom stereocenters.